The fraction of sp³-hybridized carbons (Fsp3) is 0.500. The summed E-state index contributed by atoms with van der Waals surface area (Å²) in [6.07, 6.45) is 1.05. The molecular formula is C24H35ClN2O2. The number of halogens is 1. The van der Waals surface area contributed by atoms with Gasteiger partial charge in [0.05, 0.1) is 5.02 Å². The Kier molecular flexibility index (Phi) is 8.81. The van der Waals surface area contributed by atoms with E-state index in [0.717, 1.165) is 42.1 Å². The lowest BCUT2D eigenvalue weighted by atomic mass is 10.0. The second kappa shape index (κ2) is 10.9. The molecule has 2 aromatic carbocycles. The molecule has 0 aliphatic carbocycles. The van der Waals surface area contributed by atoms with Gasteiger partial charge in [-0.2, -0.15) is 0 Å². The zero-order chi connectivity index (χ0) is 21.6. The van der Waals surface area contributed by atoms with Crippen molar-refractivity contribution in [3.05, 3.63) is 58.1 Å². The maximum absolute atomic E-state index is 6.47. The number of likely N-dealkylation sites (N-methyl/N-ethyl adjacent to an activating group) is 2. The maximum Gasteiger partial charge on any atom is 0.138 e. The average Bonchev–Trinajstić information content (AvgIpc) is 2.58. The number of ether oxygens (including phenoxy) is 2. The van der Waals surface area contributed by atoms with Gasteiger partial charge in [-0.3, -0.25) is 0 Å². The summed E-state index contributed by atoms with van der Waals surface area (Å²) in [6.45, 7) is 7.98. The molecule has 0 spiro atoms. The number of aryl methyl sites for hydroxylation is 1. The summed E-state index contributed by atoms with van der Waals surface area (Å²) < 4.78 is 12.0. The van der Waals surface area contributed by atoms with E-state index in [0.29, 0.717) is 5.02 Å². The van der Waals surface area contributed by atoms with Gasteiger partial charge in [0.2, 0.25) is 0 Å². The average molecular weight is 419 g/mol. The molecule has 2 aromatic rings. The van der Waals surface area contributed by atoms with Crippen LogP contribution in [-0.4, -0.2) is 63.3 Å². The lowest BCUT2D eigenvalue weighted by molar-refractivity contribution is 0.176. The molecular weight excluding hydrogens is 384 g/mol. The summed E-state index contributed by atoms with van der Waals surface area (Å²) >= 11 is 6.47. The van der Waals surface area contributed by atoms with E-state index in [4.69, 9.17) is 21.1 Å². The normalized spacial score (nSPS) is 13.6. The summed E-state index contributed by atoms with van der Waals surface area (Å²) in [5.74, 6) is 1.68. The van der Waals surface area contributed by atoms with Crippen molar-refractivity contribution < 1.29 is 9.47 Å². The van der Waals surface area contributed by atoms with Gasteiger partial charge < -0.3 is 19.3 Å². The molecule has 0 amide bonds. The Morgan fingerprint density at radius 1 is 0.793 bits per heavy atom. The van der Waals surface area contributed by atoms with Gasteiger partial charge in [0.25, 0.3) is 0 Å². The van der Waals surface area contributed by atoms with Gasteiger partial charge in [-0.1, -0.05) is 29.8 Å². The van der Waals surface area contributed by atoms with Gasteiger partial charge in [0.1, 0.15) is 23.7 Å². The number of hydrogen-bond donors (Lipinski definition) is 0. The van der Waals surface area contributed by atoms with Gasteiger partial charge in [0.15, 0.2) is 0 Å². The SMILES string of the molecule is Cc1cc(Cc2ccc(OC(C)CN(C)C)c(Cl)c2)ccc1OC(C)CN(C)C. The molecule has 5 heteroatoms. The highest BCUT2D eigenvalue weighted by atomic mass is 35.5. The van der Waals surface area contributed by atoms with Crippen LogP contribution < -0.4 is 9.47 Å². The van der Waals surface area contributed by atoms with E-state index in [2.05, 4.69) is 68.9 Å². The lowest BCUT2D eigenvalue weighted by Gasteiger charge is -2.20. The lowest BCUT2D eigenvalue weighted by Crippen LogP contribution is -2.28. The first kappa shape index (κ1) is 23.5. The third kappa shape index (κ3) is 7.88. The molecule has 0 saturated heterocycles. The first-order chi connectivity index (χ1) is 13.6. The number of rotatable bonds is 10. The van der Waals surface area contributed by atoms with Crippen molar-refractivity contribution in [1.29, 1.82) is 0 Å². The molecule has 0 radical (unpaired) electrons. The van der Waals surface area contributed by atoms with Crippen LogP contribution in [0.25, 0.3) is 0 Å². The van der Waals surface area contributed by atoms with Crippen molar-refractivity contribution in [2.75, 3.05) is 41.3 Å². The number of benzene rings is 2. The molecule has 0 heterocycles. The maximum atomic E-state index is 6.47. The van der Waals surface area contributed by atoms with Crippen molar-refractivity contribution in [2.45, 2.75) is 39.4 Å². The largest absolute Gasteiger partial charge is 0.489 e. The molecule has 0 saturated carbocycles. The quantitative estimate of drug-likeness (QED) is 0.548. The zero-order valence-corrected chi connectivity index (χ0v) is 19.6. The molecule has 0 N–H and O–H groups in total. The number of nitrogens with zero attached hydrogens (tertiary/aromatic N) is 2. The standard InChI is InChI=1S/C24H35ClN2O2/c1-17-12-20(8-10-23(17)28-18(2)15-26(4)5)13-21-9-11-24(22(25)14-21)29-19(3)16-27(6)7/h8-12,14,18-19H,13,15-16H2,1-7H3. The van der Waals surface area contributed by atoms with Gasteiger partial charge in [-0.05, 0) is 90.3 Å². The highest BCUT2D eigenvalue weighted by molar-refractivity contribution is 6.32. The smallest absolute Gasteiger partial charge is 0.138 e. The number of hydrogen-bond acceptors (Lipinski definition) is 4. The molecule has 0 bridgehead atoms. The Morgan fingerprint density at radius 3 is 1.76 bits per heavy atom. The predicted octanol–water partition coefficient (Wildman–Crippen LogP) is 4.90. The van der Waals surface area contributed by atoms with Crippen molar-refractivity contribution in [3.8, 4) is 11.5 Å². The van der Waals surface area contributed by atoms with Crippen LogP contribution >= 0.6 is 11.6 Å². The summed E-state index contributed by atoms with van der Waals surface area (Å²) in [4.78, 5) is 4.23. The Morgan fingerprint density at radius 2 is 1.28 bits per heavy atom. The zero-order valence-electron chi connectivity index (χ0n) is 18.8. The third-order valence-electron chi connectivity index (χ3n) is 4.54. The summed E-state index contributed by atoms with van der Waals surface area (Å²) in [7, 11) is 8.18. The second-order valence-corrected chi connectivity index (χ2v) is 8.83. The van der Waals surface area contributed by atoms with Crippen LogP contribution in [0.2, 0.25) is 5.02 Å². The summed E-state index contributed by atoms with van der Waals surface area (Å²) in [5, 5.41) is 0.655. The molecule has 0 fully saturated rings. The molecule has 0 aromatic heterocycles. The van der Waals surface area contributed by atoms with E-state index < -0.39 is 0 Å². The van der Waals surface area contributed by atoms with E-state index in [-0.39, 0.29) is 12.2 Å². The van der Waals surface area contributed by atoms with Crippen molar-refractivity contribution >= 4 is 11.6 Å². The van der Waals surface area contributed by atoms with E-state index in [1.807, 2.05) is 26.2 Å². The minimum absolute atomic E-state index is 0.0819. The van der Waals surface area contributed by atoms with E-state index in [1.165, 1.54) is 5.56 Å². The molecule has 0 aliphatic rings. The second-order valence-electron chi connectivity index (χ2n) is 8.42. The summed E-state index contributed by atoms with van der Waals surface area (Å²) in [6, 6.07) is 12.4. The Labute approximate surface area is 181 Å². The Hall–Kier alpha value is -1.75. The topological polar surface area (TPSA) is 24.9 Å². The van der Waals surface area contributed by atoms with Crippen LogP contribution in [0.4, 0.5) is 0 Å². The van der Waals surface area contributed by atoms with Crippen LogP contribution in [0.1, 0.15) is 30.5 Å². The minimum Gasteiger partial charge on any atom is -0.489 e. The Bertz CT molecular complexity index is 727. The fourth-order valence-corrected chi connectivity index (χ4v) is 3.72. The first-order valence-electron chi connectivity index (χ1n) is 10.1. The highest BCUT2D eigenvalue weighted by Crippen LogP contribution is 2.28. The van der Waals surface area contributed by atoms with Crippen molar-refractivity contribution in [1.82, 2.24) is 9.80 Å². The van der Waals surface area contributed by atoms with Crippen LogP contribution in [-0.2, 0) is 6.42 Å². The molecule has 2 rings (SSSR count). The molecule has 160 valence electrons. The molecule has 4 nitrogen and oxygen atoms in total. The van der Waals surface area contributed by atoms with Crippen LogP contribution in [0.3, 0.4) is 0 Å². The third-order valence-corrected chi connectivity index (χ3v) is 4.84. The highest BCUT2D eigenvalue weighted by Gasteiger charge is 2.11. The monoisotopic (exact) mass is 418 g/mol. The molecule has 2 atom stereocenters. The van der Waals surface area contributed by atoms with Gasteiger partial charge in [0, 0.05) is 13.1 Å². The van der Waals surface area contributed by atoms with Gasteiger partial charge in [-0.25, -0.2) is 0 Å². The van der Waals surface area contributed by atoms with Crippen molar-refractivity contribution in [3.63, 3.8) is 0 Å². The Balaban J connectivity index is 2.02. The molecule has 0 aliphatic heterocycles. The van der Waals surface area contributed by atoms with E-state index >= 15 is 0 Å². The van der Waals surface area contributed by atoms with Crippen LogP contribution in [0.15, 0.2) is 36.4 Å². The van der Waals surface area contributed by atoms with Crippen molar-refractivity contribution in [2.24, 2.45) is 0 Å². The van der Waals surface area contributed by atoms with Crippen LogP contribution in [0.5, 0.6) is 11.5 Å². The molecule has 2 unspecified atom stereocenters. The fourth-order valence-electron chi connectivity index (χ4n) is 3.48. The van der Waals surface area contributed by atoms with E-state index in [9.17, 15) is 0 Å². The van der Waals surface area contributed by atoms with Gasteiger partial charge >= 0.3 is 0 Å². The van der Waals surface area contributed by atoms with Crippen LogP contribution in [0, 0.1) is 6.92 Å². The minimum atomic E-state index is 0.0819. The summed E-state index contributed by atoms with van der Waals surface area (Å²) in [5.41, 5.74) is 3.55. The van der Waals surface area contributed by atoms with Gasteiger partial charge in [-0.15, -0.1) is 0 Å². The predicted molar refractivity (Wildman–Crippen MR) is 123 cm³/mol. The first-order valence-corrected chi connectivity index (χ1v) is 10.5. The van der Waals surface area contributed by atoms with E-state index in [1.54, 1.807) is 0 Å². The molecule has 29 heavy (non-hydrogen) atoms.